The van der Waals surface area contributed by atoms with Crippen LogP contribution in [0.3, 0.4) is 0 Å². The number of fused-ring (bicyclic) bond motifs is 3. The molecule has 7 heterocycles. The minimum Gasteiger partial charge on any atom is -0.456 e. The topological polar surface area (TPSA) is 21.9 Å². The molecule has 4 nitrogen and oxygen atoms in total. The van der Waals surface area contributed by atoms with Crippen LogP contribution in [0.25, 0.3) is 38.9 Å². The van der Waals surface area contributed by atoms with Crippen LogP contribution in [-0.2, 0) is 11.1 Å². The van der Waals surface area contributed by atoms with Gasteiger partial charge in [0.25, 0.3) is 5.82 Å². The summed E-state index contributed by atoms with van der Waals surface area (Å²) >= 11 is 0. The first-order chi connectivity index (χ1) is 17.6. The lowest BCUT2D eigenvalue weighted by Gasteiger charge is -2.38. The van der Waals surface area contributed by atoms with Gasteiger partial charge in [0.2, 0.25) is 5.69 Å². The van der Waals surface area contributed by atoms with E-state index >= 15 is 0 Å². The SMILES string of the molecule is CC1(C)c2ccc[n+]3c2-n2c4c1cccc4c1ccc4c(c12)C31c2c(cccc2-c2cccc[n+]21)O4. The zero-order chi connectivity index (χ0) is 23.6. The average molecular weight is 464 g/mol. The number of ether oxygens (including phenoxy) is 1. The summed E-state index contributed by atoms with van der Waals surface area (Å²) in [5.41, 5.74) is 9.54. The van der Waals surface area contributed by atoms with Crippen LogP contribution >= 0.6 is 0 Å². The highest BCUT2D eigenvalue weighted by Crippen LogP contribution is 2.58. The summed E-state index contributed by atoms with van der Waals surface area (Å²) in [5.74, 6) is 3.14. The Morgan fingerprint density at radius 3 is 2.42 bits per heavy atom. The van der Waals surface area contributed by atoms with Crippen LogP contribution in [-0.4, -0.2) is 4.57 Å². The molecule has 6 aromatic rings. The van der Waals surface area contributed by atoms with Gasteiger partial charge < -0.3 is 4.74 Å². The molecule has 0 amide bonds. The van der Waals surface area contributed by atoms with Crippen molar-refractivity contribution in [2.45, 2.75) is 24.9 Å². The number of hydrogen-bond acceptors (Lipinski definition) is 1. The Bertz CT molecular complexity index is 2060. The molecule has 1 atom stereocenters. The molecule has 10 rings (SSSR count). The van der Waals surface area contributed by atoms with Crippen molar-refractivity contribution >= 4 is 21.8 Å². The fraction of sp³-hybridized carbons (Fsp3) is 0.125. The first-order valence-electron chi connectivity index (χ1n) is 12.6. The van der Waals surface area contributed by atoms with E-state index < -0.39 is 5.66 Å². The summed E-state index contributed by atoms with van der Waals surface area (Å²) < 4.78 is 14.3. The number of rotatable bonds is 0. The Labute approximate surface area is 207 Å². The maximum absolute atomic E-state index is 6.72. The van der Waals surface area contributed by atoms with Crippen LogP contribution in [0, 0.1) is 0 Å². The van der Waals surface area contributed by atoms with Gasteiger partial charge in [-0.2, -0.15) is 9.13 Å². The van der Waals surface area contributed by atoms with Gasteiger partial charge in [-0.1, -0.05) is 32.0 Å². The van der Waals surface area contributed by atoms with E-state index in [1.165, 1.54) is 61.1 Å². The summed E-state index contributed by atoms with van der Waals surface area (Å²) in [6, 6.07) is 28.9. The molecule has 1 unspecified atom stereocenters. The second-order valence-corrected chi connectivity index (χ2v) is 11.0. The summed E-state index contributed by atoms with van der Waals surface area (Å²) in [5, 5.41) is 2.60. The largest absolute Gasteiger partial charge is 0.456 e. The molecule has 3 aromatic carbocycles. The average Bonchev–Trinajstić information content (AvgIpc) is 3.40. The molecule has 36 heavy (non-hydrogen) atoms. The van der Waals surface area contributed by atoms with Crippen LogP contribution in [0.4, 0.5) is 0 Å². The van der Waals surface area contributed by atoms with Crippen molar-refractivity contribution < 1.29 is 13.9 Å². The van der Waals surface area contributed by atoms with Gasteiger partial charge in [0.05, 0.1) is 17.3 Å². The molecule has 0 aliphatic carbocycles. The molecule has 0 N–H and O–H groups in total. The van der Waals surface area contributed by atoms with Crippen molar-refractivity contribution in [1.29, 1.82) is 0 Å². The summed E-state index contributed by atoms with van der Waals surface area (Å²) in [6.07, 6.45) is 4.53. The van der Waals surface area contributed by atoms with Crippen molar-refractivity contribution in [2.24, 2.45) is 0 Å². The van der Waals surface area contributed by atoms with Gasteiger partial charge in [0.15, 0.2) is 17.3 Å². The highest BCUT2D eigenvalue weighted by molar-refractivity contribution is 6.13. The third-order valence-corrected chi connectivity index (χ3v) is 9.22. The lowest BCUT2D eigenvalue weighted by molar-refractivity contribution is -0.961. The molecule has 0 fully saturated rings. The molecule has 4 heteroatoms. The van der Waals surface area contributed by atoms with E-state index in [4.69, 9.17) is 4.74 Å². The number of aromatic nitrogens is 3. The van der Waals surface area contributed by atoms with Crippen molar-refractivity contribution in [3.8, 4) is 28.6 Å². The molecule has 0 radical (unpaired) electrons. The van der Waals surface area contributed by atoms with Gasteiger partial charge in [0, 0.05) is 33.9 Å². The predicted octanol–water partition coefficient (Wildman–Crippen LogP) is 5.70. The quantitative estimate of drug-likeness (QED) is 0.265. The number of pyridine rings is 2. The lowest BCUT2D eigenvalue weighted by atomic mass is 9.75. The van der Waals surface area contributed by atoms with Crippen molar-refractivity contribution in [3.63, 3.8) is 0 Å². The maximum atomic E-state index is 6.72. The molecule has 4 aliphatic rings. The highest BCUT2D eigenvalue weighted by Gasteiger charge is 2.68. The predicted molar refractivity (Wildman–Crippen MR) is 137 cm³/mol. The van der Waals surface area contributed by atoms with E-state index in [9.17, 15) is 0 Å². The Balaban J connectivity index is 1.60. The number of hydrogen-bond donors (Lipinski definition) is 0. The normalized spacial score (nSPS) is 19.9. The third-order valence-electron chi connectivity index (χ3n) is 9.22. The fourth-order valence-corrected chi connectivity index (χ4v) is 7.87. The maximum Gasteiger partial charge on any atom is 0.374 e. The molecular weight excluding hydrogens is 442 g/mol. The second-order valence-electron chi connectivity index (χ2n) is 11.0. The van der Waals surface area contributed by atoms with E-state index in [0.717, 1.165) is 11.5 Å². The Morgan fingerprint density at radius 2 is 1.47 bits per heavy atom. The second kappa shape index (κ2) is 5.21. The first kappa shape index (κ1) is 17.9. The lowest BCUT2D eigenvalue weighted by Crippen LogP contribution is -2.76. The smallest absolute Gasteiger partial charge is 0.374 e. The number of nitrogens with zero attached hydrogens (tertiary/aromatic N) is 3. The van der Waals surface area contributed by atoms with Crippen LogP contribution in [0.15, 0.2) is 91.3 Å². The molecular formula is C32H21N3O+2. The molecule has 168 valence electrons. The molecule has 0 bridgehead atoms. The van der Waals surface area contributed by atoms with Crippen LogP contribution in [0.1, 0.15) is 36.1 Å². The van der Waals surface area contributed by atoms with Crippen molar-refractivity contribution in [1.82, 2.24) is 4.57 Å². The van der Waals surface area contributed by atoms with Crippen LogP contribution in [0.2, 0.25) is 0 Å². The van der Waals surface area contributed by atoms with Crippen molar-refractivity contribution in [2.75, 3.05) is 0 Å². The molecule has 4 aliphatic heterocycles. The Hall–Kier alpha value is -4.44. The molecule has 1 spiro atoms. The van der Waals surface area contributed by atoms with Crippen LogP contribution in [0.5, 0.6) is 11.5 Å². The molecule has 3 aromatic heterocycles. The third kappa shape index (κ3) is 1.53. The van der Waals surface area contributed by atoms with Crippen molar-refractivity contribution in [3.05, 3.63) is 114 Å². The fourth-order valence-electron chi connectivity index (χ4n) is 7.87. The van der Waals surface area contributed by atoms with Crippen LogP contribution < -0.4 is 13.9 Å². The number of para-hydroxylation sites is 1. The summed E-state index contributed by atoms with van der Waals surface area (Å²) in [6.45, 7) is 4.74. The minimum absolute atomic E-state index is 0.129. The van der Waals surface area contributed by atoms with E-state index in [0.29, 0.717) is 0 Å². The summed E-state index contributed by atoms with van der Waals surface area (Å²) in [4.78, 5) is 0. The van der Waals surface area contributed by atoms with Gasteiger partial charge in [0.1, 0.15) is 22.6 Å². The zero-order valence-corrected chi connectivity index (χ0v) is 19.9. The minimum atomic E-state index is -0.557. The monoisotopic (exact) mass is 463 g/mol. The standard InChI is InChI=1S/C32H21N3O/c1-31(2)21-10-5-8-18-19-14-15-25-27-29(19)35(28(18)21)30-22(31)11-7-17-34(30)32(27)26-20(9-6-13-24(26)36-25)23-12-3-4-16-33(23)32/h3-17H,1-2H3/q+2. The van der Waals surface area contributed by atoms with E-state index in [1.54, 1.807) is 0 Å². The highest BCUT2D eigenvalue weighted by atomic mass is 16.5. The number of benzene rings is 3. The Kier molecular flexibility index (Phi) is 2.60. The van der Waals surface area contributed by atoms with Gasteiger partial charge in [-0.15, -0.1) is 4.57 Å². The molecule has 0 saturated heterocycles. The zero-order valence-electron chi connectivity index (χ0n) is 19.9. The van der Waals surface area contributed by atoms with E-state index in [1.807, 2.05) is 0 Å². The van der Waals surface area contributed by atoms with Gasteiger partial charge in [-0.05, 0) is 48.5 Å². The van der Waals surface area contributed by atoms with Gasteiger partial charge in [-0.3, -0.25) is 0 Å². The van der Waals surface area contributed by atoms with Gasteiger partial charge in [-0.25, -0.2) is 0 Å². The first-order valence-corrected chi connectivity index (χ1v) is 12.6. The van der Waals surface area contributed by atoms with E-state index in [-0.39, 0.29) is 5.41 Å². The Morgan fingerprint density at radius 1 is 0.667 bits per heavy atom. The molecule has 0 saturated carbocycles. The summed E-state index contributed by atoms with van der Waals surface area (Å²) in [7, 11) is 0. The van der Waals surface area contributed by atoms with Gasteiger partial charge >= 0.3 is 5.66 Å². The van der Waals surface area contributed by atoms with E-state index in [2.05, 4.69) is 119 Å².